The summed E-state index contributed by atoms with van der Waals surface area (Å²) >= 11 is 0. The Balaban J connectivity index is 1.73. The summed E-state index contributed by atoms with van der Waals surface area (Å²) in [5, 5.41) is 3.53. The van der Waals surface area contributed by atoms with Gasteiger partial charge in [0.15, 0.2) is 0 Å². The van der Waals surface area contributed by atoms with Gasteiger partial charge in [0.05, 0.1) is 0 Å². The molecule has 1 fully saturated rings. The predicted molar refractivity (Wildman–Crippen MR) is 78.4 cm³/mol. The average Bonchev–Trinajstić information content (AvgIpc) is 2.40. The van der Waals surface area contributed by atoms with Gasteiger partial charge in [0.1, 0.15) is 0 Å². The van der Waals surface area contributed by atoms with Crippen LogP contribution in [0.15, 0.2) is 30.3 Å². The number of hydrogen-bond acceptors (Lipinski definition) is 2. The third-order valence-electron chi connectivity index (χ3n) is 3.82. The standard InChI is InChI=1S/C15H23NOS/c1-18(17)12-11-16-15-9-7-14(8-10-15)13-5-3-2-4-6-13/h2-6,14-16H,7-12H2,1H3. The molecule has 1 atom stereocenters. The molecule has 2 nitrogen and oxygen atoms in total. The van der Waals surface area contributed by atoms with Crippen molar-refractivity contribution in [3.8, 4) is 0 Å². The lowest BCUT2D eigenvalue weighted by molar-refractivity contribution is 0.348. The van der Waals surface area contributed by atoms with Gasteiger partial charge in [-0.15, -0.1) is 0 Å². The molecule has 18 heavy (non-hydrogen) atoms. The molecule has 100 valence electrons. The van der Waals surface area contributed by atoms with E-state index < -0.39 is 10.8 Å². The van der Waals surface area contributed by atoms with Crippen molar-refractivity contribution in [2.75, 3.05) is 18.6 Å². The van der Waals surface area contributed by atoms with Crippen molar-refractivity contribution < 1.29 is 4.21 Å². The highest BCUT2D eigenvalue weighted by molar-refractivity contribution is 7.84. The molecule has 0 heterocycles. The molecule has 1 aliphatic rings. The molecule has 2 rings (SSSR count). The first-order valence-corrected chi connectivity index (χ1v) is 8.57. The molecule has 3 heteroatoms. The van der Waals surface area contributed by atoms with Gasteiger partial charge in [0.2, 0.25) is 0 Å². The Bertz CT molecular complexity index is 371. The van der Waals surface area contributed by atoms with Gasteiger partial charge in [-0.2, -0.15) is 0 Å². The third-order valence-corrected chi connectivity index (χ3v) is 4.60. The number of benzene rings is 1. The molecule has 0 saturated heterocycles. The van der Waals surface area contributed by atoms with Crippen LogP contribution in [0.25, 0.3) is 0 Å². The minimum Gasteiger partial charge on any atom is -0.313 e. The van der Waals surface area contributed by atoms with Crippen molar-refractivity contribution in [1.29, 1.82) is 0 Å². The second-order valence-corrected chi connectivity index (χ2v) is 6.75. The van der Waals surface area contributed by atoms with Gasteiger partial charge in [0, 0.05) is 35.4 Å². The molecule has 1 unspecified atom stereocenters. The molecule has 0 bridgehead atoms. The van der Waals surface area contributed by atoms with Crippen LogP contribution in [0.4, 0.5) is 0 Å². The van der Waals surface area contributed by atoms with Gasteiger partial charge in [0.25, 0.3) is 0 Å². The van der Waals surface area contributed by atoms with Gasteiger partial charge in [-0.3, -0.25) is 4.21 Å². The zero-order valence-electron chi connectivity index (χ0n) is 11.1. The van der Waals surface area contributed by atoms with Crippen molar-refractivity contribution >= 4 is 10.8 Å². The lowest BCUT2D eigenvalue weighted by atomic mass is 9.82. The zero-order valence-corrected chi connectivity index (χ0v) is 11.9. The maximum atomic E-state index is 11.0. The highest BCUT2D eigenvalue weighted by Gasteiger charge is 2.21. The molecule has 0 aromatic heterocycles. The summed E-state index contributed by atoms with van der Waals surface area (Å²) < 4.78 is 11.0. The minimum absolute atomic E-state index is 0.633. The summed E-state index contributed by atoms with van der Waals surface area (Å²) in [4.78, 5) is 0. The molecular formula is C15H23NOS. The Labute approximate surface area is 113 Å². The maximum absolute atomic E-state index is 11.0. The summed E-state index contributed by atoms with van der Waals surface area (Å²) in [7, 11) is -0.669. The van der Waals surface area contributed by atoms with Crippen LogP contribution in [-0.4, -0.2) is 28.8 Å². The molecule has 0 aliphatic heterocycles. The topological polar surface area (TPSA) is 29.1 Å². The van der Waals surface area contributed by atoms with Gasteiger partial charge in [-0.25, -0.2) is 0 Å². The van der Waals surface area contributed by atoms with Crippen LogP contribution in [0.5, 0.6) is 0 Å². The molecular weight excluding hydrogens is 242 g/mol. The minimum atomic E-state index is -0.669. The van der Waals surface area contributed by atoms with E-state index >= 15 is 0 Å². The molecule has 1 aliphatic carbocycles. The fourth-order valence-corrected chi connectivity index (χ4v) is 3.17. The number of nitrogens with one attached hydrogen (secondary N) is 1. The molecule has 1 aromatic carbocycles. The average molecular weight is 265 g/mol. The SMILES string of the molecule is CS(=O)CCNC1CCC(c2ccccc2)CC1. The summed E-state index contributed by atoms with van der Waals surface area (Å²) in [6.45, 7) is 0.893. The van der Waals surface area contributed by atoms with E-state index in [4.69, 9.17) is 0 Å². The summed E-state index contributed by atoms with van der Waals surface area (Å²) in [5.41, 5.74) is 1.49. The quantitative estimate of drug-likeness (QED) is 0.887. The molecule has 1 aromatic rings. The zero-order chi connectivity index (χ0) is 12.8. The van der Waals surface area contributed by atoms with Crippen LogP contribution in [0.2, 0.25) is 0 Å². The smallest absolute Gasteiger partial charge is 0.0357 e. The first-order chi connectivity index (χ1) is 8.75. The fourth-order valence-electron chi connectivity index (χ4n) is 2.76. The van der Waals surface area contributed by atoms with E-state index in [1.54, 1.807) is 6.26 Å². The summed E-state index contributed by atoms with van der Waals surface area (Å²) in [5.74, 6) is 1.52. The van der Waals surface area contributed by atoms with Crippen LogP contribution >= 0.6 is 0 Å². The van der Waals surface area contributed by atoms with Crippen molar-refractivity contribution in [2.24, 2.45) is 0 Å². The lowest BCUT2D eigenvalue weighted by Gasteiger charge is -2.29. The maximum Gasteiger partial charge on any atom is 0.0357 e. The van der Waals surface area contributed by atoms with E-state index in [0.29, 0.717) is 6.04 Å². The second kappa shape index (κ2) is 7.05. The van der Waals surface area contributed by atoms with Crippen LogP contribution in [0.1, 0.15) is 37.2 Å². The number of hydrogen-bond donors (Lipinski definition) is 1. The second-order valence-electron chi connectivity index (χ2n) is 5.19. The van der Waals surface area contributed by atoms with Crippen molar-refractivity contribution in [3.63, 3.8) is 0 Å². The largest absolute Gasteiger partial charge is 0.313 e. The van der Waals surface area contributed by atoms with Crippen LogP contribution < -0.4 is 5.32 Å². The van der Waals surface area contributed by atoms with E-state index in [2.05, 4.69) is 35.6 Å². The van der Waals surface area contributed by atoms with Gasteiger partial charge < -0.3 is 5.32 Å². The molecule has 1 saturated carbocycles. The third kappa shape index (κ3) is 4.21. The van der Waals surface area contributed by atoms with Crippen molar-refractivity contribution in [1.82, 2.24) is 5.32 Å². The van der Waals surface area contributed by atoms with Crippen LogP contribution in [0.3, 0.4) is 0 Å². The van der Waals surface area contributed by atoms with Gasteiger partial charge in [-0.05, 0) is 37.2 Å². The molecule has 0 spiro atoms. The van der Waals surface area contributed by atoms with Crippen LogP contribution in [-0.2, 0) is 10.8 Å². The van der Waals surface area contributed by atoms with E-state index in [9.17, 15) is 4.21 Å². The summed E-state index contributed by atoms with van der Waals surface area (Å²) in [6.07, 6.45) is 6.81. The first kappa shape index (κ1) is 13.8. The molecule has 0 amide bonds. The van der Waals surface area contributed by atoms with E-state index in [-0.39, 0.29) is 0 Å². The van der Waals surface area contributed by atoms with Gasteiger partial charge >= 0.3 is 0 Å². The van der Waals surface area contributed by atoms with E-state index in [1.807, 2.05) is 0 Å². The highest BCUT2D eigenvalue weighted by Crippen LogP contribution is 2.32. The van der Waals surface area contributed by atoms with E-state index in [0.717, 1.165) is 18.2 Å². The van der Waals surface area contributed by atoms with E-state index in [1.165, 1.54) is 31.2 Å². The molecule has 0 radical (unpaired) electrons. The number of rotatable bonds is 5. The fraction of sp³-hybridized carbons (Fsp3) is 0.600. The summed E-state index contributed by atoms with van der Waals surface area (Å²) in [6, 6.07) is 11.5. The van der Waals surface area contributed by atoms with Crippen molar-refractivity contribution in [3.05, 3.63) is 35.9 Å². The van der Waals surface area contributed by atoms with Gasteiger partial charge in [-0.1, -0.05) is 30.3 Å². The Hall–Kier alpha value is -0.670. The predicted octanol–water partition coefficient (Wildman–Crippen LogP) is 2.68. The Morgan fingerprint density at radius 3 is 2.44 bits per heavy atom. The molecule has 1 N–H and O–H groups in total. The Kier molecular flexibility index (Phi) is 5.39. The lowest BCUT2D eigenvalue weighted by Crippen LogP contribution is -2.35. The monoisotopic (exact) mass is 265 g/mol. The Morgan fingerprint density at radius 1 is 1.17 bits per heavy atom. The first-order valence-electron chi connectivity index (χ1n) is 6.84. The normalized spacial score (nSPS) is 25.8. The highest BCUT2D eigenvalue weighted by atomic mass is 32.2. The van der Waals surface area contributed by atoms with Crippen LogP contribution in [0, 0.1) is 0 Å². The van der Waals surface area contributed by atoms with Crippen molar-refractivity contribution in [2.45, 2.75) is 37.6 Å². The Morgan fingerprint density at radius 2 is 1.83 bits per heavy atom.